The lowest BCUT2D eigenvalue weighted by Crippen LogP contribution is -2.28. The van der Waals surface area contributed by atoms with Gasteiger partial charge in [0.15, 0.2) is 0 Å². The number of carboxylic acid groups (broad SMARTS) is 2. The van der Waals surface area contributed by atoms with Crippen LogP contribution in [0.15, 0.2) is 43.5 Å². The van der Waals surface area contributed by atoms with Gasteiger partial charge in [-0.3, -0.25) is 4.90 Å². The number of nitrogens with zero attached hydrogens (tertiary/aromatic N) is 1. The van der Waals surface area contributed by atoms with Crippen molar-refractivity contribution in [3.63, 3.8) is 0 Å². The molecule has 0 saturated heterocycles. The summed E-state index contributed by atoms with van der Waals surface area (Å²) in [4.78, 5) is 20.4. The van der Waals surface area contributed by atoms with E-state index in [1.807, 2.05) is 18.2 Å². The molecule has 0 bridgehead atoms. The van der Waals surface area contributed by atoms with Gasteiger partial charge in [-0.15, -0.1) is 13.2 Å². The summed E-state index contributed by atoms with van der Waals surface area (Å²) in [5, 5.41) is 14.8. The van der Waals surface area contributed by atoms with Crippen molar-refractivity contribution >= 4 is 34.5 Å². The Morgan fingerprint density at radius 3 is 2.17 bits per heavy atom. The second-order valence-electron chi connectivity index (χ2n) is 4.73. The first-order chi connectivity index (χ1) is 11.3. The molecular formula is C17H22INO5. The third-order valence-corrected chi connectivity index (χ3v) is 3.55. The molecule has 132 valence electrons. The molecule has 0 aromatic heterocycles. The second-order valence-corrected chi connectivity index (χ2v) is 5.89. The fraction of sp³-hybridized carbons (Fsp3) is 0.294. The molecule has 0 heterocycles. The molecule has 0 aliphatic carbocycles. The first-order valence-corrected chi connectivity index (χ1v) is 8.19. The van der Waals surface area contributed by atoms with Crippen LogP contribution in [0.3, 0.4) is 0 Å². The van der Waals surface area contributed by atoms with Crippen LogP contribution in [0.4, 0.5) is 0 Å². The van der Waals surface area contributed by atoms with Crippen molar-refractivity contribution in [1.82, 2.24) is 4.90 Å². The number of carboxylic acids is 2. The summed E-state index contributed by atoms with van der Waals surface area (Å²) in [7, 11) is 0. The quantitative estimate of drug-likeness (QED) is 0.362. The largest absolute Gasteiger partial charge is 0.491 e. The normalized spacial score (nSPS) is 9.62. The molecule has 24 heavy (non-hydrogen) atoms. The Bertz CT molecular complexity index is 552. The highest BCUT2D eigenvalue weighted by atomic mass is 127. The first kappa shape index (κ1) is 22.1. The molecule has 0 radical (unpaired) electrons. The number of halogens is 1. The van der Waals surface area contributed by atoms with Crippen molar-refractivity contribution in [2.45, 2.75) is 6.92 Å². The summed E-state index contributed by atoms with van der Waals surface area (Å²) in [5.74, 6) is -2.69. The van der Waals surface area contributed by atoms with E-state index in [2.05, 4.69) is 59.7 Å². The topological polar surface area (TPSA) is 87.1 Å². The SMILES string of the molecule is C=CCN(CC=C)CCOc1ccc(C)cc1I.O=C(O)C(=O)O. The average molecular weight is 447 g/mol. The van der Waals surface area contributed by atoms with E-state index in [1.54, 1.807) is 0 Å². The zero-order valence-electron chi connectivity index (χ0n) is 13.6. The molecule has 1 rings (SSSR count). The molecule has 1 aromatic rings. The molecule has 0 spiro atoms. The van der Waals surface area contributed by atoms with E-state index in [-0.39, 0.29) is 0 Å². The van der Waals surface area contributed by atoms with Gasteiger partial charge < -0.3 is 14.9 Å². The molecule has 1 aromatic carbocycles. The van der Waals surface area contributed by atoms with Gasteiger partial charge in [0.05, 0.1) is 3.57 Å². The zero-order valence-corrected chi connectivity index (χ0v) is 15.7. The van der Waals surface area contributed by atoms with Crippen molar-refractivity contribution in [1.29, 1.82) is 0 Å². The van der Waals surface area contributed by atoms with Gasteiger partial charge in [0.25, 0.3) is 0 Å². The average Bonchev–Trinajstić information content (AvgIpc) is 2.50. The van der Waals surface area contributed by atoms with Crippen LogP contribution in [-0.4, -0.2) is 53.3 Å². The summed E-state index contributed by atoms with van der Waals surface area (Å²) in [6, 6.07) is 6.23. The predicted molar refractivity (Wildman–Crippen MR) is 101 cm³/mol. The monoisotopic (exact) mass is 447 g/mol. The lowest BCUT2D eigenvalue weighted by Gasteiger charge is -2.19. The van der Waals surface area contributed by atoms with Crippen LogP contribution in [0, 0.1) is 10.5 Å². The number of hydrogen-bond donors (Lipinski definition) is 2. The van der Waals surface area contributed by atoms with Crippen LogP contribution in [-0.2, 0) is 9.59 Å². The van der Waals surface area contributed by atoms with E-state index >= 15 is 0 Å². The van der Waals surface area contributed by atoms with E-state index in [0.717, 1.165) is 29.0 Å². The minimum Gasteiger partial charge on any atom is -0.491 e. The van der Waals surface area contributed by atoms with Gasteiger partial charge in [-0.2, -0.15) is 0 Å². The Hall–Kier alpha value is -1.87. The number of aryl methyl sites for hydroxylation is 1. The number of hydrogen-bond acceptors (Lipinski definition) is 4. The van der Waals surface area contributed by atoms with Gasteiger partial charge in [0.2, 0.25) is 0 Å². The van der Waals surface area contributed by atoms with E-state index in [1.165, 1.54) is 5.56 Å². The number of rotatable bonds is 8. The molecule has 6 nitrogen and oxygen atoms in total. The Morgan fingerprint density at radius 1 is 1.21 bits per heavy atom. The van der Waals surface area contributed by atoms with Crippen molar-refractivity contribution < 1.29 is 24.5 Å². The summed E-state index contributed by atoms with van der Waals surface area (Å²) < 4.78 is 6.96. The molecular weight excluding hydrogens is 425 g/mol. The fourth-order valence-corrected chi connectivity index (χ4v) is 2.46. The van der Waals surface area contributed by atoms with Crippen LogP contribution in [0.25, 0.3) is 0 Å². The maximum absolute atomic E-state index is 9.10. The van der Waals surface area contributed by atoms with E-state index < -0.39 is 11.9 Å². The van der Waals surface area contributed by atoms with Crippen molar-refractivity contribution in [3.05, 3.63) is 52.6 Å². The molecule has 2 N–H and O–H groups in total. The van der Waals surface area contributed by atoms with E-state index in [4.69, 9.17) is 24.5 Å². The first-order valence-electron chi connectivity index (χ1n) is 7.11. The van der Waals surface area contributed by atoms with Gasteiger partial charge in [0.1, 0.15) is 12.4 Å². The van der Waals surface area contributed by atoms with Gasteiger partial charge >= 0.3 is 11.9 Å². The molecule has 7 heteroatoms. The number of carbonyl (C=O) groups is 2. The minimum absolute atomic E-state index is 0.681. The highest BCUT2D eigenvalue weighted by Gasteiger charge is 2.04. The zero-order chi connectivity index (χ0) is 18.5. The second kappa shape index (κ2) is 12.5. The molecule has 0 aliphatic heterocycles. The lowest BCUT2D eigenvalue weighted by molar-refractivity contribution is -0.159. The third kappa shape index (κ3) is 10.0. The molecule has 0 fully saturated rings. The smallest absolute Gasteiger partial charge is 0.414 e. The Kier molecular flexibility index (Phi) is 11.6. The summed E-state index contributed by atoms with van der Waals surface area (Å²) in [6.45, 7) is 12.9. The minimum atomic E-state index is -1.82. The predicted octanol–water partition coefficient (Wildman–Crippen LogP) is 2.81. The molecule has 0 amide bonds. The maximum Gasteiger partial charge on any atom is 0.414 e. The molecule has 0 unspecified atom stereocenters. The number of benzene rings is 1. The third-order valence-electron chi connectivity index (χ3n) is 2.71. The molecule has 0 atom stereocenters. The standard InChI is InChI=1S/C15H20INO.C2H2O4/c1-4-8-17(9-5-2)10-11-18-15-7-6-13(3)12-14(15)16;3-1(4)2(5)6/h4-7,12H,1-2,8-11H2,3H3;(H,3,4)(H,5,6). The Balaban J connectivity index is 0.000000754. The molecule has 0 aliphatic rings. The van der Waals surface area contributed by atoms with Crippen LogP contribution in [0.5, 0.6) is 5.75 Å². The van der Waals surface area contributed by atoms with Gasteiger partial charge in [-0.25, -0.2) is 9.59 Å². The van der Waals surface area contributed by atoms with Crippen molar-refractivity contribution in [3.8, 4) is 5.75 Å². The van der Waals surface area contributed by atoms with Crippen LogP contribution in [0.2, 0.25) is 0 Å². The number of ether oxygens (including phenoxy) is 1. The van der Waals surface area contributed by atoms with Crippen molar-refractivity contribution in [2.75, 3.05) is 26.2 Å². The highest BCUT2D eigenvalue weighted by Crippen LogP contribution is 2.21. The summed E-state index contributed by atoms with van der Waals surface area (Å²) >= 11 is 2.31. The van der Waals surface area contributed by atoms with Gasteiger partial charge in [-0.1, -0.05) is 18.2 Å². The van der Waals surface area contributed by atoms with Crippen LogP contribution >= 0.6 is 22.6 Å². The van der Waals surface area contributed by atoms with Crippen molar-refractivity contribution in [2.24, 2.45) is 0 Å². The number of aliphatic carboxylic acids is 2. The Labute approximate surface area is 155 Å². The van der Waals surface area contributed by atoms with Gasteiger partial charge in [-0.05, 0) is 47.2 Å². The van der Waals surface area contributed by atoms with Crippen LogP contribution in [0.1, 0.15) is 5.56 Å². The highest BCUT2D eigenvalue weighted by molar-refractivity contribution is 14.1. The Morgan fingerprint density at radius 2 is 1.75 bits per heavy atom. The maximum atomic E-state index is 9.10. The van der Waals surface area contributed by atoms with E-state index in [9.17, 15) is 0 Å². The molecule has 0 saturated carbocycles. The van der Waals surface area contributed by atoms with Crippen LogP contribution < -0.4 is 4.74 Å². The fourth-order valence-electron chi connectivity index (χ4n) is 1.63. The van der Waals surface area contributed by atoms with Gasteiger partial charge in [0, 0.05) is 19.6 Å². The lowest BCUT2D eigenvalue weighted by atomic mass is 10.2. The van der Waals surface area contributed by atoms with E-state index in [0.29, 0.717) is 6.61 Å². The summed E-state index contributed by atoms with van der Waals surface area (Å²) in [5.41, 5.74) is 1.26. The summed E-state index contributed by atoms with van der Waals surface area (Å²) in [6.07, 6.45) is 3.80.